The van der Waals surface area contributed by atoms with Crippen LogP contribution in [0.5, 0.6) is 11.5 Å². The fourth-order valence-corrected chi connectivity index (χ4v) is 4.40. The predicted molar refractivity (Wildman–Crippen MR) is 92.3 cm³/mol. The number of aryl methyl sites for hydroxylation is 1. The van der Waals surface area contributed by atoms with Crippen LogP contribution < -0.4 is 19.5 Å². The van der Waals surface area contributed by atoms with Gasteiger partial charge in [0.1, 0.15) is 16.4 Å². The van der Waals surface area contributed by atoms with E-state index in [0.717, 1.165) is 9.87 Å². The number of rotatable bonds is 4. The van der Waals surface area contributed by atoms with Crippen molar-refractivity contribution >= 4 is 21.6 Å². The minimum absolute atomic E-state index is 0.0231. The Kier molecular flexibility index (Phi) is 4.30. The summed E-state index contributed by atoms with van der Waals surface area (Å²) >= 11 is 0. The maximum absolute atomic E-state index is 13.3. The zero-order chi connectivity index (χ0) is 18.2. The summed E-state index contributed by atoms with van der Waals surface area (Å²) in [6.07, 6.45) is -1.07. The van der Waals surface area contributed by atoms with Crippen LogP contribution in [-0.4, -0.2) is 34.1 Å². The first-order chi connectivity index (χ1) is 11.8. The molecule has 2 aromatic carbocycles. The molecule has 0 bridgehead atoms. The highest BCUT2D eigenvalue weighted by atomic mass is 32.2. The van der Waals surface area contributed by atoms with Gasteiger partial charge in [0.15, 0.2) is 6.10 Å². The quantitative estimate of drug-likeness (QED) is 0.887. The van der Waals surface area contributed by atoms with E-state index in [1.165, 1.54) is 13.2 Å². The fraction of sp³-hybridized carbons (Fsp3) is 0.235. The highest BCUT2D eigenvalue weighted by molar-refractivity contribution is 7.93. The minimum Gasteiger partial charge on any atom is -0.495 e. The van der Waals surface area contributed by atoms with Crippen LogP contribution in [-0.2, 0) is 14.8 Å². The maximum atomic E-state index is 13.3. The van der Waals surface area contributed by atoms with Crippen molar-refractivity contribution in [3.8, 4) is 11.5 Å². The number of fused-ring (bicyclic) bond motifs is 1. The molecule has 0 fully saturated rings. The number of carbonyl (C=O) groups excluding carboxylic acids is 1. The first-order valence-electron chi connectivity index (χ1n) is 7.57. The molecule has 0 spiro atoms. The summed E-state index contributed by atoms with van der Waals surface area (Å²) in [5.74, 6) is -0.219. The van der Waals surface area contributed by atoms with Crippen LogP contribution in [0.4, 0.5) is 5.69 Å². The molecule has 0 saturated carbocycles. The summed E-state index contributed by atoms with van der Waals surface area (Å²) in [6, 6.07) is 11.5. The molecule has 8 heteroatoms. The van der Waals surface area contributed by atoms with E-state index in [1.54, 1.807) is 43.3 Å². The van der Waals surface area contributed by atoms with Gasteiger partial charge in [-0.05, 0) is 36.8 Å². The van der Waals surface area contributed by atoms with Gasteiger partial charge >= 0.3 is 0 Å². The van der Waals surface area contributed by atoms with Crippen molar-refractivity contribution in [2.24, 2.45) is 5.73 Å². The van der Waals surface area contributed by atoms with Gasteiger partial charge in [0, 0.05) is 0 Å². The van der Waals surface area contributed by atoms with Crippen molar-refractivity contribution in [3.05, 3.63) is 48.0 Å². The smallest absolute Gasteiger partial charge is 0.268 e. The second kappa shape index (κ2) is 6.29. The van der Waals surface area contributed by atoms with E-state index in [4.69, 9.17) is 15.2 Å². The molecule has 3 rings (SSSR count). The summed E-state index contributed by atoms with van der Waals surface area (Å²) in [7, 11) is -2.58. The van der Waals surface area contributed by atoms with Crippen LogP contribution in [0.1, 0.15) is 5.56 Å². The standard InChI is InChI=1S/C17H18N2O5S/c1-11-7-8-14(23-2)16(9-11)25(21,22)19-10-15(17(18)20)24-13-6-4-3-5-12(13)19/h3-9,15H,10H2,1-2H3,(H2,18,20)/t15-/m1/s1. The van der Waals surface area contributed by atoms with Crippen molar-refractivity contribution in [1.82, 2.24) is 0 Å². The summed E-state index contributed by atoms with van der Waals surface area (Å²) in [5.41, 5.74) is 6.46. The number of hydrogen-bond donors (Lipinski definition) is 1. The number of sulfonamides is 1. The van der Waals surface area contributed by atoms with Crippen molar-refractivity contribution in [2.45, 2.75) is 17.9 Å². The molecule has 2 aromatic rings. The molecule has 0 aromatic heterocycles. The number of carbonyl (C=O) groups is 1. The average molecular weight is 362 g/mol. The number of nitrogens with zero attached hydrogens (tertiary/aromatic N) is 1. The van der Waals surface area contributed by atoms with Crippen molar-refractivity contribution in [1.29, 1.82) is 0 Å². The van der Waals surface area contributed by atoms with Crippen LogP contribution in [0, 0.1) is 6.92 Å². The van der Waals surface area contributed by atoms with Crippen LogP contribution in [0.3, 0.4) is 0 Å². The highest BCUT2D eigenvalue weighted by Gasteiger charge is 2.37. The number of para-hydroxylation sites is 2. The molecule has 0 radical (unpaired) electrons. The third kappa shape index (κ3) is 3.00. The first-order valence-corrected chi connectivity index (χ1v) is 9.01. The molecule has 1 aliphatic heterocycles. The number of nitrogens with two attached hydrogens (primary N) is 1. The number of benzene rings is 2. The molecule has 0 aliphatic carbocycles. The molecule has 1 aliphatic rings. The average Bonchev–Trinajstić information content (AvgIpc) is 2.60. The summed E-state index contributed by atoms with van der Waals surface area (Å²) in [4.78, 5) is 11.6. The van der Waals surface area contributed by atoms with Gasteiger partial charge in [-0.15, -0.1) is 0 Å². The minimum atomic E-state index is -3.99. The highest BCUT2D eigenvalue weighted by Crippen LogP contribution is 2.38. The second-order valence-corrected chi connectivity index (χ2v) is 7.50. The SMILES string of the molecule is COc1ccc(C)cc1S(=O)(=O)N1C[C@H](C(N)=O)Oc2ccccc21. The molecule has 25 heavy (non-hydrogen) atoms. The third-order valence-electron chi connectivity index (χ3n) is 3.94. The van der Waals surface area contributed by atoms with Crippen LogP contribution in [0.25, 0.3) is 0 Å². The monoisotopic (exact) mass is 362 g/mol. The second-order valence-electron chi connectivity index (χ2n) is 5.67. The summed E-state index contributed by atoms with van der Waals surface area (Å²) in [5, 5.41) is 0. The van der Waals surface area contributed by atoms with Gasteiger partial charge < -0.3 is 15.2 Å². The molecule has 7 nitrogen and oxygen atoms in total. The Morgan fingerprint density at radius 2 is 2.00 bits per heavy atom. The van der Waals surface area contributed by atoms with Gasteiger partial charge in [-0.2, -0.15) is 0 Å². The zero-order valence-corrected chi connectivity index (χ0v) is 14.6. The molecule has 1 heterocycles. The Bertz CT molecular complexity index is 926. The molecule has 0 saturated heterocycles. The van der Waals surface area contributed by atoms with E-state index in [2.05, 4.69) is 0 Å². The number of anilines is 1. The number of amides is 1. The van der Waals surface area contributed by atoms with Crippen molar-refractivity contribution in [2.75, 3.05) is 18.0 Å². The van der Waals surface area contributed by atoms with Crippen LogP contribution in [0.2, 0.25) is 0 Å². The number of ether oxygens (including phenoxy) is 2. The van der Waals surface area contributed by atoms with Crippen molar-refractivity contribution < 1.29 is 22.7 Å². The van der Waals surface area contributed by atoms with Gasteiger partial charge in [-0.1, -0.05) is 18.2 Å². The Hall–Kier alpha value is -2.74. The summed E-state index contributed by atoms with van der Waals surface area (Å²) < 4.78 is 38.4. The lowest BCUT2D eigenvalue weighted by atomic mass is 10.2. The number of hydrogen-bond acceptors (Lipinski definition) is 5. The number of methoxy groups -OCH3 is 1. The Labute approximate surface area is 146 Å². The molecule has 1 amide bonds. The molecular weight excluding hydrogens is 344 g/mol. The van der Waals surface area contributed by atoms with E-state index < -0.39 is 22.0 Å². The van der Waals surface area contributed by atoms with E-state index in [0.29, 0.717) is 5.69 Å². The zero-order valence-electron chi connectivity index (χ0n) is 13.8. The van der Waals surface area contributed by atoms with E-state index >= 15 is 0 Å². The van der Waals surface area contributed by atoms with Gasteiger partial charge in [0.25, 0.3) is 15.9 Å². The van der Waals surface area contributed by atoms with Crippen molar-refractivity contribution in [3.63, 3.8) is 0 Å². The van der Waals surface area contributed by atoms with Crippen LogP contribution >= 0.6 is 0 Å². The largest absolute Gasteiger partial charge is 0.495 e. The molecule has 0 unspecified atom stereocenters. The number of primary amides is 1. The Balaban J connectivity index is 2.17. The van der Waals surface area contributed by atoms with E-state index in [-0.39, 0.29) is 22.9 Å². The normalized spacial score (nSPS) is 16.7. The Morgan fingerprint density at radius 3 is 2.68 bits per heavy atom. The lowest BCUT2D eigenvalue weighted by Gasteiger charge is -2.34. The van der Waals surface area contributed by atoms with Gasteiger partial charge in [-0.25, -0.2) is 8.42 Å². The van der Waals surface area contributed by atoms with Gasteiger partial charge in [-0.3, -0.25) is 9.10 Å². The van der Waals surface area contributed by atoms with E-state index in [9.17, 15) is 13.2 Å². The lowest BCUT2D eigenvalue weighted by Crippen LogP contribution is -2.49. The Morgan fingerprint density at radius 1 is 1.28 bits per heavy atom. The molecular formula is C17H18N2O5S. The van der Waals surface area contributed by atoms with Crippen LogP contribution in [0.15, 0.2) is 47.4 Å². The lowest BCUT2D eigenvalue weighted by molar-refractivity contribution is -0.124. The molecule has 2 N–H and O–H groups in total. The summed E-state index contributed by atoms with van der Waals surface area (Å²) in [6.45, 7) is 1.59. The fourth-order valence-electron chi connectivity index (χ4n) is 2.68. The molecule has 132 valence electrons. The predicted octanol–water partition coefficient (Wildman–Crippen LogP) is 1.45. The topological polar surface area (TPSA) is 98.9 Å². The van der Waals surface area contributed by atoms with E-state index in [1.807, 2.05) is 0 Å². The van der Waals surface area contributed by atoms with Gasteiger partial charge in [0.05, 0.1) is 19.3 Å². The third-order valence-corrected chi connectivity index (χ3v) is 5.74. The molecule has 1 atom stereocenters. The maximum Gasteiger partial charge on any atom is 0.268 e. The first kappa shape index (κ1) is 17.1. The van der Waals surface area contributed by atoms with Gasteiger partial charge in [0.2, 0.25) is 0 Å².